The molecule has 0 spiro atoms. The largest absolute Gasteiger partial charge is 0.495 e. The molecule has 94 valence electrons. The van der Waals surface area contributed by atoms with E-state index in [0.29, 0.717) is 6.08 Å². The number of ether oxygens (including phenoxy) is 3. The molecule has 0 radical (unpaired) electrons. The van der Waals surface area contributed by atoms with Gasteiger partial charge >= 0.3 is 6.18 Å². The van der Waals surface area contributed by atoms with Crippen LogP contribution in [0.5, 0.6) is 0 Å². The van der Waals surface area contributed by atoms with E-state index in [9.17, 15) is 18.0 Å². The maximum atomic E-state index is 12.0. The maximum absolute atomic E-state index is 12.0. The molecule has 16 heavy (non-hydrogen) atoms. The van der Waals surface area contributed by atoms with Crippen LogP contribution in [-0.2, 0) is 19.0 Å². The third kappa shape index (κ3) is 3.49. The van der Waals surface area contributed by atoms with Crippen molar-refractivity contribution in [3.05, 3.63) is 11.8 Å². The Morgan fingerprint density at radius 2 is 1.56 bits per heavy atom. The Morgan fingerprint density at radius 3 is 1.81 bits per heavy atom. The fourth-order valence-corrected chi connectivity index (χ4v) is 0.861. The molecule has 0 aromatic rings. The van der Waals surface area contributed by atoms with Crippen molar-refractivity contribution in [3.63, 3.8) is 0 Å². The molecule has 0 N–H and O–H groups in total. The lowest BCUT2D eigenvalue weighted by molar-refractivity contribution is -0.189. The van der Waals surface area contributed by atoms with Crippen LogP contribution in [0.15, 0.2) is 11.8 Å². The first kappa shape index (κ1) is 14.9. The zero-order chi connectivity index (χ0) is 13.0. The van der Waals surface area contributed by atoms with Crippen molar-refractivity contribution in [2.75, 3.05) is 21.3 Å². The van der Waals surface area contributed by atoms with Crippen LogP contribution in [0, 0.1) is 0 Å². The smallest absolute Gasteiger partial charge is 0.454 e. The van der Waals surface area contributed by atoms with Crippen molar-refractivity contribution in [2.45, 2.75) is 18.9 Å². The molecule has 7 heteroatoms. The third-order valence-corrected chi connectivity index (χ3v) is 1.99. The second kappa shape index (κ2) is 5.31. The molecule has 0 heterocycles. The Bertz CT molecular complexity index is 279. The van der Waals surface area contributed by atoms with E-state index in [1.165, 1.54) is 21.1 Å². The van der Waals surface area contributed by atoms with Gasteiger partial charge in [-0.05, 0) is 6.92 Å². The molecule has 0 aliphatic heterocycles. The van der Waals surface area contributed by atoms with Gasteiger partial charge in [-0.1, -0.05) is 0 Å². The Hall–Kier alpha value is -1.08. The first-order valence-corrected chi connectivity index (χ1v) is 4.19. The van der Waals surface area contributed by atoms with Gasteiger partial charge in [0.1, 0.15) is 0 Å². The van der Waals surface area contributed by atoms with E-state index in [1.54, 1.807) is 0 Å². The van der Waals surface area contributed by atoms with Gasteiger partial charge in [0, 0.05) is 20.3 Å². The summed E-state index contributed by atoms with van der Waals surface area (Å²) in [5.74, 6) is -3.93. The van der Waals surface area contributed by atoms with E-state index < -0.39 is 17.7 Å². The van der Waals surface area contributed by atoms with E-state index in [-0.39, 0.29) is 5.76 Å². The van der Waals surface area contributed by atoms with Crippen LogP contribution in [0.25, 0.3) is 0 Å². The predicted octanol–water partition coefficient (Wildman–Crippen LogP) is 1.66. The van der Waals surface area contributed by atoms with E-state index in [4.69, 9.17) is 9.47 Å². The lowest BCUT2D eigenvalue weighted by Crippen LogP contribution is -2.34. The lowest BCUT2D eigenvalue weighted by atomic mass is 10.2. The van der Waals surface area contributed by atoms with Crippen LogP contribution in [0.3, 0.4) is 0 Å². The number of alkyl halides is 3. The highest BCUT2D eigenvalue weighted by atomic mass is 19.4. The van der Waals surface area contributed by atoms with Gasteiger partial charge in [-0.2, -0.15) is 13.2 Å². The van der Waals surface area contributed by atoms with Gasteiger partial charge in [-0.25, -0.2) is 0 Å². The number of rotatable bonds is 5. The van der Waals surface area contributed by atoms with Crippen LogP contribution >= 0.6 is 0 Å². The molecule has 0 aliphatic rings. The molecule has 0 saturated carbocycles. The summed E-state index contributed by atoms with van der Waals surface area (Å²) in [4.78, 5) is 10.7. The minimum absolute atomic E-state index is 0.299. The molecule has 0 unspecified atom stereocenters. The number of ketones is 1. The normalized spacial score (nSPS) is 13.8. The Balaban J connectivity index is 5.14. The quantitative estimate of drug-likeness (QED) is 0.418. The minimum atomic E-state index is -4.95. The Kier molecular flexibility index (Phi) is 4.95. The average Bonchev–Trinajstić information content (AvgIpc) is 2.23. The zero-order valence-electron chi connectivity index (χ0n) is 9.34. The highest BCUT2D eigenvalue weighted by molar-refractivity contribution is 5.94. The first-order valence-electron chi connectivity index (χ1n) is 4.19. The monoisotopic (exact) mass is 242 g/mol. The fourth-order valence-electron chi connectivity index (χ4n) is 0.861. The van der Waals surface area contributed by atoms with Crippen molar-refractivity contribution in [2.24, 2.45) is 0 Å². The fraction of sp³-hybridized carbons (Fsp3) is 0.667. The number of halogens is 3. The molecular weight excluding hydrogens is 229 g/mol. The van der Waals surface area contributed by atoms with Crippen LogP contribution in [0.4, 0.5) is 13.2 Å². The maximum Gasteiger partial charge on any atom is 0.454 e. The van der Waals surface area contributed by atoms with E-state index in [0.717, 1.165) is 7.11 Å². The topological polar surface area (TPSA) is 44.8 Å². The molecule has 0 aromatic carbocycles. The van der Waals surface area contributed by atoms with Crippen molar-refractivity contribution < 1.29 is 32.2 Å². The van der Waals surface area contributed by atoms with Gasteiger partial charge in [0.25, 0.3) is 5.78 Å². The van der Waals surface area contributed by atoms with Crippen LogP contribution in [0.1, 0.15) is 6.92 Å². The second-order valence-corrected chi connectivity index (χ2v) is 2.93. The van der Waals surface area contributed by atoms with Crippen molar-refractivity contribution in [3.8, 4) is 0 Å². The van der Waals surface area contributed by atoms with Crippen LogP contribution < -0.4 is 0 Å². The Morgan fingerprint density at radius 1 is 1.12 bits per heavy atom. The second-order valence-electron chi connectivity index (χ2n) is 2.93. The highest BCUT2D eigenvalue weighted by Gasteiger charge is 2.40. The number of allylic oxidation sites excluding steroid dienone is 1. The van der Waals surface area contributed by atoms with Gasteiger partial charge in [-0.3, -0.25) is 4.79 Å². The number of hydrogen-bond donors (Lipinski definition) is 0. The summed E-state index contributed by atoms with van der Waals surface area (Å²) < 4.78 is 50.3. The van der Waals surface area contributed by atoms with Crippen LogP contribution in [0.2, 0.25) is 0 Å². The molecular formula is C9H13F3O4. The molecule has 0 amide bonds. The van der Waals surface area contributed by atoms with E-state index >= 15 is 0 Å². The summed E-state index contributed by atoms with van der Waals surface area (Å²) in [5.41, 5.74) is 0. The highest BCUT2D eigenvalue weighted by Crippen LogP contribution is 2.25. The van der Waals surface area contributed by atoms with Gasteiger partial charge in [0.15, 0.2) is 5.76 Å². The molecule has 0 atom stereocenters. The summed E-state index contributed by atoms with van der Waals surface area (Å²) >= 11 is 0. The Labute approximate surface area is 91.0 Å². The average molecular weight is 242 g/mol. The molecule has 0 aliphatic carbocycles. The van der Waals surface area contributed by atoms with Crippen molar-refractivity contribution in [1.29, 1.82) is 0 Å². The molecule has 0 saturated heterocycles. The SMILES string of the molecule is CO/C(=C\C(=O)C(F)(F)F)C(C)(OC)OC. The van der Waals surface area contributed by atoms with Gasteiger partial charge in [-0.15, -0.1) is 0 Å². The minimum Gasteiger partial charge on any atom is -0.495 e. The summed E-state index contributed by atoms with van der Waals surface area (Å²) in [7, 11) is 3.55. The number of methoxy groups -OCH3 is 3. The molecule has 0 fully saturated rings. The molecule has 0 bridgehead atoms. The van der Waals surface area contributed by atoms with Gasteiger partial charge in [0.2, 0.25) is 5.79 Å². The summed E-state index contributed by atoms with van der Waals surface area (Å²) in [6.07, 6.45) is -4.65. The van der Waals surface area contributed by atoms with Crippen LogP contribution in [-0.4, -0.2) is 39.1 Å². The third-order valence-electron chi connectivity index (χ3n) is 1.99. The van der Waals surface area contributed by atoms with E-state index in [1.807, 2.05) is 0 Å². The molecule has 0 rings (SSSR count). The zero-order valence-corrected chi connectivity index (χ0v) is 9.34. The first-order chi connectivity index (χ1) is 7.21. The standard InChI is InChI=1S/C9H13F3O4/c1-8(15-3,16-4)7(14-2)5-6(13)9(10,11)12/h5H,1-4H3/b7-5-. The number of hydrogen-bond acceptors (Lipinski definition) is 4. The van der Waals surface area contributed by atoms with Crippen molar-refractivity contribution in [1.82, 2.24) is 0 Å². The summed E-state index contributed by atoms with van der Waals surface area (Å²) in [5, 5.41) is 0. The molecule has 4 nitrogen and oxygen atoms in total. The summed E-state index contributed by atoms with van der Waals surface area (Å²) in [6, 6.07) is 0. The summed E-state index contributed by atoms with van der Waals surface area (Å²) in [6.45, 7) is 1.33. The van der Waals surface area contributed by atoms with Gasteiger partial charge < -0.3 is 14.2 Å². The van der Waals surface area contributed by atoms with E-state index in [2.05, 4.69) is 4.74 Å². The lowest BCUT2D eigenvalue weighted by Gasteiger charge is -2.27. The van der Waals surface area contributed by atoms with Crippen molar-refractivity contribution >= 4 is 5.78 Å². The predicted molar refractivity (Wildman–Crippen MR) is 48.6 cm³/mol. The van der Waals surface area contributed by atoms with Gasteiger partial charge in [0.05, 0.1) is 7.11 Å². The number of carbonyl (C=O) groups is 1. The number of carbonyl (C=O) groups excluding carboxylic acids is 1. The molecule has 0 aromatic heterocycles.